The third-order valence-corrected chi connectivity index (χ3v) is 3.41. The molecule has 0 saturated heterocycles. The van der Waals surface area contributed by atoms with Crippen LogP contribution in [-0.2, 0) is 17.9 Å². The maximum atomic E-state index is 12.4. The Morgan fingerprint density at radius 1 is 1.36 bits per heavy atom. The average molecular weight is 302 g/mol. The number of carbonyl (C=O) groups excluding carboxylic acids is 1. The number of carbonyl (C=O) groups is 1. The summed E-state index contributed by atoms with van der Waals surface area (Å²) in [5.74, 6) is 0.119. The van der Waals surface area contributed by atoms with E-state index in [1.807, 2.05) is 37.3 Å². The van der Waals surface area contributed by atoms with Crippen molar-refractivity contribution in [1.29, 1.82) is 0 Å². The van der Waals surface area contributed by atoms with E-state index in [-0.39, 0.29) is 18.3 Å². The second-order valence-electron chi connectivity index (χ2n) is 4.92. The molecule has 116 valence electrons. The lowest BCUT2D eigenvalue weighted by atomic mass is 10.2. The molecule has 0 fully saturated rings. The van der Waals surface area contributed by atoms with E-state index in [4.69, 9.17) is 0 Å². The molecular weight excluding hydrogens is 284 g/mol. The minimum atomic E-state index is -0.560. The molecule has 0 aliphatic carbocycles. The Morgan fingerprint density at radius 2 is 2.05 bits per heavy atom. The van der Waals surface area contributed by atoms with E-state index in [2.05, 4.69) is 4.98 Å². The van der Waals surface area contributed by atoms with Crippen LogP contribution in [0.2, 0.25) is 0 Å². The van der Waals surface area contributed by atoms with E-state index >= 15 is 0 Å². The van der Waals surface area contributed by atoms with Gasteiger partial charge in [-0.3, -0.25) is 9.36 Å². The molecule has 1 heterocycles. The van der Waals surface area contributed by atoms with Gasteiger partial charge in [-0.2, -0.15) is 0 Å². The summed E-state index contributed by atoms with van der Waals surface area (Å²) in [5, 5.41) is 10.7. The molecule has 0 aliphatic rings. The van der Waals surface area contributed by atoms with Crippen LogP contribution >= 0.6 is 0 Å². The lowest BCUT2D eigenvalue weighted by Gasteiger charge is -2.21. The number of aromatic nitrogens is 2. The fourth-order valence-corrected chi connectivity index (χ4v) is 2.17. The van der Waals surface area contributed by atoms with Crippen LogP contribution in [0.1, 0.15) is 18.3 Å². The van der Waals surface area contributed by atoms with Gasteiger partial charge in [0.25, 0.3) is 0 Å². The Balaban J connectivity index is 2.08. The molecule has 1 aromatic heterocycles. The molecule has 7 nitrogen and oxygen atoms in total. The number of hydrogen-bond acceptors (Lipinski definition) is 4. The molecule has 2 aromatic rings. The standard InChI is InChI=1S/C15H18N4O3/c1-3-17(9-13-7-5-4-6-8-13)15(20)11-18-10-14(19(21)22)16-12(18)2/h4-8,10H,3,9,11H2,1-2H3. The Labute approximate surface area is 128 Å². The summed E-state index contributed by atoms with van der Waals surface area (Å²) in [5.41, 5.74) is 1.05. The van der Waals surface area contributed by atoms with Gasteiger partial charge in [0.2, 0.25) is 11.7 Å². The zero-order chi connectivity index (χ0) is 16.1. The van der Waals surface area contributed by atoms with Gasteiger partial charge in [0.05, 0.1) is 0 Å². The predicted molar refractivity (Wildman–Crippen MR) is 81.2 cm³/mol. The molecule has 7 heteroatoms. The number of amides is 1. The van der Waals surface area contributed by atoms with Crippen molar-refractivity contribution in [2.45, 2.75) is 26.9 Å². The number of rotatable bonds is 6. The van der Waals surface area contributed by atoms with Crippen LogP contribution in [0.5, 0.6) is 0 Å². The van der Waals surface area contributed by atoms with E-state index in [0.29, 0.717) is 18.9 Å². The van der Waals surface area contributed by atoms with Gasteiger partial charge in [-0.1, -0.05) is 30.3 Å². The monoisotopic (exact) mass is 302 g/mol. The maximum Gasteiger partial charge on any atom is 0.381 e. The first-order valence-electron chi connectivity index (χ1n) is 7.01. The summed E-state index contributed by atoms with van der Waals surface area (Å²) >= 11 is 0. The molecule has 0 spiro atoms. The normalized spacial score (nSPS) is 10.5. The summed E-state index contributed by atoms with van der Waals surface area (Å²) < 4.78 is 1.51. The van der Waals surface area contributed by atoms with Crippen molar-refractivity contribution in [3.05, 3.63) is 58.0 Å². The highest BCUT2D eigenvalue weighted by Crippen LogP contribution is 2.11. The quantitative estimate of drug-likeness (QED) is 0.605. The highest BCUT2D eigenvalue weighted by atomic mass is 16.6. The van der Waals surface area contributed by atoms with E-state index in [9.17, 15) is 14.9 Å². The van der Waals surface area contributed by atoms with Gasteiger partial charge in [-0.05, 0) is 22.4 Å². The maximum absolute atomic E-state index is 12.4. The molecule has 0 bridgehead atoms. The van der Waals surface area contributed by atoms with Crippen molar-refractivity contribution in [1.82, 2.24) is 14.5 Å². The van der Waals surface area contributed by atoms with E-state index in [0.717, 1.165) is 5.56 Å². The summed E-state index contributed by atoms with van der Waals surface area (Å²) in [4.78, 5) is 28.1. The minimum absolute atomic E-state index is 0.0490. The molecule has 0 saturated carbocycles. The number of imidazole rings is 1. The minimum Gasteiger partial charge on any atom is -0.358 e. The van der Waals surface area contributed by atoms with Gasteiger partial charge in [0.15, 0.2) is 0 Å². The van der Waals surface area contributed by atoms with Gasteiger partial charge in [-0.15, -0.1) is 0 Å². The Kier molecular flexibility index (Phi) is 4.88. The van der Waals surface area contributed by atoms with Gasteiger partial charge in [0.1, 0.15) is 12.7 Å². The highest BCUT2D eigenvalue weighted by Gasteiger charge is 2.19. The Morgan fingerprint density at radius 3 is 2.59 bits per heavy atom. The second kappa shape index (κ2) is 6.84. The molecule has 1 aromatic carbocycles. The van der Waals surface area contributed by atoms with Crippen LogP contribution in [0.3, 0.4) is 0 Å². The zero-order valence-corrected chi connectivity index (χ0v) is 12.6. The molecule has 0 atom stereocenters. The number of likely N-dealkylation sites (N-methyl/N-ethyl adjacent to an activating group) is 1. The first kappa shape index (κ1) is 15.7. The van der Waals surface area contributed by atoms with Crippen molar-refractivity contribution < 1.29 is 9.72 Å². The Hall–Kier alpha value is -2.70. The third kappa shape index (κ3) is 3.69. The molecule has 0 radical (unpaired) electrons. The number of nitrogens with zero attached hydrogens (tertiary/aromatic N) is 4. The van der Waals surface area contributed by atoms with Gasteiger partial charge in [0, 0.05) is 20.0 Å². The molecule has 0 unspecified atom stereocenters. The lowest BCUT2D eigenvalue weighted by Crippen LogP contribution is -2.33. The summed E-state index contributed by atoms with van der Waals surface area (Å²) in [7, 11) is 0. The van der Waals surface area contributed by atoms with Crippen molar-refractivity contribution >= 4 is 11.7 Å². The van der Waals surface area contributed by atoms with Crippen molar-refractivity contribution in [2.24, 2.45) is 0 Å². The van der Waals surface area contributed by atoms with Crippen LogP contribution in [0.15, 0.2) is 36.5 Å². The lowest BCUT2D eigenvalue weighted by molar-refractivity contribution is -0.389. The van der Waals surface area contributed by atoms with Gasteiger partial charge < -0.3 is 15.0 Å². The fourth-order valence-electron chi connectivity index (χ4n) is 2.17. The van der Waals surface area contributed by atoms with Crippen LogP contribution in [-0.4, -0.2) is 31.8 Å². The zero-order valence-electron chi connectivity index (χ0n) is 12.6. The van der Waals surface area contributed by atoms with Crippen molar-refractivity contribution in [3.8, 4) is 0 Å². The second-order valence-corrected chi connectivity index (χ2v) is 4.92. The first-order valence-corrected chi connectivity index (χ1v) is 7.01. The van der Waals surface area contributed by atoms with E-state index < -0.39 is 4.92 Å². The molecule has 22 heavy (non-hydrogen) atoms. The molecule has 2 rings (SSSR count). The number of nitro groups is 1. The highest BCUT2D eigenvalue weighted by molar-refractivity contribution is 5.76. The largest absolute Gasteiger partial charge is 0.381 e. The summed E-state index contributed by atoms with van der Waals surface area (Å²) in [6.45, 7) is 4.70. The predicted octanol–water partition coefficient (Wildman–Crippen LogP) is 2.15. The van der Waals surface area contributed by atoms with Crippen LogP contribution in [0.25, 0.3) is 0 Å². The SMILES string of the molecule is CCN(Cc1ccccc1)C(=O)Cn1cc([N+](=O)[O-])nc1C. The smallest absolute Gasteiger partial charge is 0.358 e. The molecule has 1 amide bonds. The van der Waals surface area contributed by atoms with Gasteiger partial charge >= 0.3 is 5.82 Å². The first-order chi connectivity index (χ1) is 10.5. The van der Waals surface area contributed by atoms with Crippen molar-refractivity contribution in [3.63, 3.8) is 0 Å². The summed E-state index contributed by atoms with van der Waals surface area (Å²) in [6.07, 6.45) is 1.30. The molecular formula is C15H18N4O3. The van der Waals surface area contributed by atoms with E-state index in [1.165, 1.54) is 10.8 Å². The topological polar surface area (TPSA) is 81.3 Å². The Bertz CT molecular complexity index is 667. The molecule has 0 aliphatic heterocycles. The summed E-state index contributed by atoms with van der Waals surface area (Å²) in [6, 6.07) is 9.70. The van der Waals surface area contributed by atoms with Gasteiger partial charge in [-0.25, -0.2) is 0 Å². The van der Waals surface area contributed by atoms with E-state index in [1.54, 1.807) is 11.8 Å². The van der Waals surface area contributed by atoms with Crippen LogP contribution in [0, 0.1) is 17.0 Å². The van der Waals surface area contributed by atoms with Crippen molar-refractivity contribution in [2.75, 3.05) is 6.54 Å². The number of hydrogen-bond donors (Lipinski definition) is 0. The van der Waals surface area contributed by atoms with Crippen LogP contribution in [0.4, 0.5) is 5.82 Å². The number of benzene rings is 1. The third-order valence-electron chi connectivity index (χ3n) is 3.41. The number of aryl methyl sites for hydroxylation is 1. The van der Waals surface area contributed by atoms with Crippen LogP contribution < -0.4 is 0 Å². The molecule has 0 N–H and O–H groups in total. The average Bonchev–Trinajstić information content (AvgIpc) is 2.87. The fraction of sp³-hybridized carbons (Fsp3) is 0.333.